The number of hydrogen-bond donors (Lipinski definition) is 3. The highest BCUT2D eigenvalue weighted by molar-refractivity contribution is 5.94. The van der Waals surface area contributed by atoms with Crippen LogP contribution in [-0.4, -0.2) is 30.6 Å². The van der Waals surface area contributed by atoms with Crippen LogP contribution in [0.5, 0.6) is 0 Å². The number of rotatable bonds is 7. The maximum absolute atomic E-state index is 12.1. The zero-order chi connectivity index (χ0) is 17.5. The molecule has 2 rings (SSSR count). The Morgan fingerprint density at radius 1 is 1.36 bits per heavy atom. The number of ether oxygens (including phenoxy) is 1. The Labute approximate surface area is 155 Å². The Kier molecular flexibility index (Phi) is 8.89. The van der Waals surface area contributed by atoms with Crippen LogP contribution in [0.25, 0.3) is 0 Å². The standard InChI is InChI=1S/C18H27N3O3.ClH/c1-12(2)9-15(19)17(22)20-11-13-5-3-6-14(10-13)21-18(23)16-7-4-8-24-16;/h3,5-6,10,12,15-16H,4,7-9,11,19H2,1-2H3,(H,20,22)(H,21,23);1H/t15-,16?;/m0./s1. The molecule has 1 fully saturated rings. The van der Waals surface area contributed by atoms with Gasteiger partial charge in [0.2, 0.25) is 5.91 Å². The van der Waals surface area contributed by atoms with Gasteiger partial charge in [-0.3, -0.25) is 9.59 Å². The minimum Gasteiger partial charge on any atom is -0.368 e. The van der Waals surface area contributed by atoms with Crippen LogP contribution in [0.2, 0.25) is 0 Å². The van der Waals surface area contributed by atoms with Crippen LogP contribution in [0.4, 0.5) is 5.69 Å². The molecule has 25 heavy (non-hydrogen) atoms. The molecule has 1 aliphatic heterocycles. The first-order valence-corrected chi connectivity index (χ1v) is 8.50. The molecule has 1 unspecified atom stereocenters. The Bertz CT molecular complexity index is 574. The van der Waals surface area contributed by atoms with E-state index in [2.05, 4.69) is 10.6 Å². The van der Waals surface area contributed by atoms with Gasteiger partial charge in [-0.05, 0) is 42.9 Å². The Hall–Kier alpha value is -1.63. The van der Waals surface area contributed by atoms with E-state index in [1.165, 1.54) is 0 Å². The number of carbonyl (C=O) groups excluding carboxylic acids is 2. The molecule has 1 aromatic carbocycles. The zero-order valence-corrected chi connectivity index (χ0v) is 15.6. The molecule has 1 heterocycles. The van der Waals surface area contributed by atoms with Crippen molar-refractivity contribution in [2.24, 2.45) is 11.7 Å². The lowest BCUT2D eigenvalue weighted by atomic mass is 10.0. The molecule has 0 radical (unpaired) electrons. The summed E-state index contributed by atoms with van der Waals surface area (Å²) in [6.45, 7) is 5.09. The average molecular weight is 370 g/mol. The molecule has 0 saturated carbocycles. The van der Waals surface area contributed by atoms with Crippen LogP contribution in [-0.2, 0) is 20.9 Å². The molecule has 0 aromatic heterocycles. The predicted octanol–water partition coefficient (Wildman–Crippen LogP) is 2.22. The molecule has 140 valence electrons. The van der Waals surface area contributed by atoms with Gasteiger partial charge in [0.1, 0.15) is 6.10 Å². The van der Waals surface area contributed by atoms with Crippen molar-refractivity contribution >= 4 is 29.9 Å². The summed E-state index contributed by atoms with van der Waals surface area (Å²) in [6.07, 6.45) is 1.97. The maximum atomic E-state index is 12.1. The third-order valence-corrected chi connectivity index (χ3v) is 3.95. The highest BCUT2D eigenvalue weighted by Crippen LogP contribution is 2.16. The predicted molar refractivity (Wildman–Crippen MR) is 101 cm³/mol. The van der Waals surface area contributed by atoms with Crippen molar-refractivity contribution in [2.45, 2.75) is 51.8 Å². The normalized spacial score (nSPS) is 17.7. The van der Waals surface area contributed by atoms with Gasteiger partial charge in [-0.15, -0.1) is 12.4 Å². The number of carbonyl (C=O) groups is 2. The van der Waals surface area contributed by atoms with E-state index in [1.54, 1.807) is 0 Å². The summed E-state index contributed by atoms with van der Waals surface area (Å²) in [5.74, 6) is 0.104. The van der Waals surface area contributed by atoms with Crippen molar-refractivity contribution in [3.63, 3.8) is 0 Å². The van der Waals surface area contributed by atoms with Crippen LogP contribution in [0.15, 0.2) is 24.3 Å². The fourth-order valence-electron chi connectivity index (χ4n) is 2.70. The molecule has 1 aliphatic rings. The van der Waals surface area contributed by atoms with Gasteiger partial charge in [0.15, 0.2) is 0 Å². The minimum absolute atomic E-state index is 0. The largest absolute Gasteiger partial charge is 0.368 e. The summed E-state index contributed by atoms with van der Waals surface area (Å²) in [6, 6.07) is 6.92. The maximum Gasteiger partial charge on any atom is 0.253 e. The zero-order valence-electron chi connectivity index (χ0n) is 14.8. The average Bonchev–Trinajstić information content (AvgIpc) is 3.07. The monoisotopic (exact) mass is 369 g/mol. The lowest BCUT2D eigenvalue weighted by Crippen LogP contribution is -2.41. The van der Waals surface area contributed by atoms with Gasteiger partial charge in [-0.1, -0.05) is 26.0 Å². The molecular weight excluding hydrogens is 342 g/mol. The number of hydrogen-bond acceptors (Lipinski definition) is 4. The Morgan fingerprint density at radius 2 is 2.12 bits per heavy atom. The van der Waals surface area contributed by atoms with Crippen LogP contribution in [0, 0.1) is 5.92 Å². The fourth-order valence-corrected chi connectivity index (χ4v) is 2.70. The van der Waals surface area contributed by atoms with Gasteiger partial charge in [0, 0.05) is 18.8 Å². The van der Waals surface area contributed by atoms with Crippen LogP contribution < -0.4 is 16.4 Å². The van der Waals surface area contributed by atoms with E-state index in [4.69, 9.17) is 10.5 Å². The van der Waals surface area contributed by atoms with Gasteiger partial charge in [0.25, 0.3) is 5.91 Å². The minimum atomic E-state index is -0.493. The molecule has 7 heteroatoms. The number of halogens is 1. The van der Waals surface area contributed by atoms with E-state index >= 15 is 0 Å². The first-order chi connectivity index (χ1) is 11.5. The van der Waals surface area contributed by atoms with E-state index in [0.29, 0.717) is 31.2 Å². The van der Waals surface area contributed by atoms with Crippen molar-refractivity contribution < 1.29 is 14.3 Å². The molecule has 4 N–H and O–H groups in total. The summed E-state index contributed by atoms with van der Waals surface area (Å²) in [7, 11) is 0. The summed E-state index contributed by atoms with van der Waals surface area (Å²) in [4.78, 5) is 24.0. The van der Waals surface area contributed by atoms with Crippen molar-refractivity contribution in [3.8, 4) is 0 Å². The van der Waals surface area contributed by atoms with E-state index in [-0.39, 0.29) is 30.3 Å². The van der Waals surface area contributed by atoms with Crippen LogP contribution in [0.1, 0.15) is 38.7 Å². The van der Waals surface area contributed by atoms with Crippen molar-refractivity contribution in [1.29, 1.82) is 0 Å². The number of nitrogens with one attached hydrogen (secondary N) is 2. The topological polar surface area (TPSA) is 93.5 Å². The summed E-state index contributed by atoms with van der Waals surface area (Å²) in [5.41, 5.74) is 7.48. The molecular formula is C18H28ClN3O3. The number of anilines is 1. The van der Waals surface area contributed by atoms with Crippen LogP contribution in [0.3, 0.4) is 0 Å². The molecule has 0 bridgehead atoms. The molecule has 2 atom stereocenters. The third-order valence-electron chi connectivity index (χ3n) is 3.95. The fraction of sp³-hybridized carbons (Fsp3) is 0.556. The number of benzene rings is 1. The van der Waals surface area contributed by atoms with Crippen LogP contribution >= 0.6 is 12.4 Å². The lowest BCUT2D eigenvalue weighted by molar-refractivity contribution is -0.124. The smallest absolute Gasteiger partial charge is 0.253 e. The highest BCUT2D eigenvalue weighted by atomic mass is 35.5. The van der Waals surface area contributed by atoms with Gasteiger partial charge >= 0.3 is 0 Å². The summed E-state index contributed by atoms with van der Waals surface area (Å²) in [5, 5.41) is 5.70. The second kappa shape index (κ2) is 10.4. The first kappa shape index (κ1) is 21.4. The van der Waals surface area contributed by atoms with Crippen molar-refractivity contribution in [1.82, 2.24) is 5.32 Å². The van der Waals surface area contributed by atoms with E-state index < -0.39 is 6.04 Å². The second-order valence-electron chi connectivity index (χ2n) is 6.65. The molecule has 2 amide bonds. The van der Waals surface area contributed by atoms with Gasteiger partial charge in [-0.25, -0.2) is 0 Å². The SMILES string of the molecule is CC(C)C[C@H](N)C(=O)NCc1cccc(NC(=O)C2CCCO2)c1.Cl. The first-order valence-electron chi connectivity index (χ1n) is 8.50. The van der Waals surface area contributed by atoms with E-state index in [1.807, 2.05) is 38.1 Å². The van der Waals surface area contributed by atoms with Gasteiger partial charge in [-0.2, -0.15) is 0 Å². The second-order valence-corrected chi connectivity index (χ2v) is 6.65. The number of nitrogens with two attached hydrogens (primary N) is 1. The van der Waals surface area contributed by atoms with Gasteiger partial charge < -0.3 is 21.1 Å². The summed E-state index contributed by atoms with van der Waals surface area (Å²) >= 11 is 0. The molecule has 0 aliphatic carbocycles. The molecule has 6 nitrogen and oxygen atoms in total. The highest BCUT2D eigenvalue weighted by Gasteiger charge is 2.23. The quantitative estimate of drug-likeness (QED) is 0.687. The molecule has 1 saturated heterocycles. The van der Waals surface area contributed by atoms with Crippen molar-refractivity contribution in [2.75, 3.05) is 11.9 Å². The van der Waals surface area contributed by atoms with E-state index in [0.717, 1.165) is 18.4 Å². The number of amides is 2. The van der Waals surface area contributed by atoms with Gasteiger partial charge in [0.05, 0.1) is 6.04 Å². The Balaban J connectivity index is 0.00000312. The van der Waals surface area contributed by atoms with Crippen molar-refractivity contribution in [3.05, 3.63) is 29.8 Å². The van der Waals surface area contributed by atoms with E-state index in [9.17, 15) is 9.59 Å². The molecule has 0 spiro atoms. The molecule has 1 aromatic rings. The Morgan fingerprint density at radius 3 is 2.76 bits per heavy atom. The third kappa shape index (κ3) is 7.02. The summed E-state index contributed by atoms with van der Waals surface area (Å²) < 4.78 is 5.37. The lowest BCUT2D eigenvalue weighted by Gasteiger charge is -2.15.